The zero-order valence-corrected chi connectivity index (χ0v) is 15.4. The maximum atomic E-state index is 12.8. The van der Waals surface area contributed by atoms with Gasteiger partial charge in [0.1, 0.15) is 11.1 Å². The molecule has 28 heavy (non-hydrogen) atoms. The number of pyridine rings is 1. The Kier molecular flexibility index (Phi) is 5.39. The Balaban J connectivity index is 2.34. The van der Waals surface area contributed by atoms with Gasteiger partial charge < -0.3 is 13.9 Å². The van der Waals surface area contributed by atoms with Crippen molar-refractivity contribution in [2.45, 2.75) is 13.8 Å². The number of nitrogens with zero attached hydrogens (tertiary/aromatic N) is 2. The lowest BCUT2D eigenvalue weighted by atomic mass is 10.0. The maximum Gasteiger partial charge on any atom is 0.341 e. The van der Waals surface area contributed by atoms with Gasteiger partial charge in [-0.05, 0) is 43.7 Å². The number of rotatable bonds is 6. The number of hydrogen-bond donors (Lipinski definition) is 0. The van der Waals surface area contributed by atoms with Gasteiger partial charge in [0.05, 0.1) is 29.3 Å². The van der Waals surface area contributed by atoms with Gasteiger partial charge >= 0.3 is 11.9 Å². The summed E-state index contributed by atoms with van der Waals surface area (Å²) in [6.45, 7) is 3.63. The molecule has 0 aliphatic carbocycles. The highest BCUT2D eigenvalue weighted by atomic mass is 16.6. The first kappa shape index (κ1) is 19.1. The van der Waals surface area contributed by atoms with Crippen LogP contribution in [0.5, 0.6) is 0 Å². The third-order valence-corrected chi connectivity index (χ3v) is 4.15. The van der Waals surface area contributed by atoms with Gasteiger partial charge in [0, 0.05) is 18.3 Å². The third-order valence-electron chi connectivity index (χ3n) is 4.15. The molecule has 0 unspecified atom stereocenters. The van der Waals surface area contributed by atoms with Crippen LogP contribution >= 0.6 is 0 Å². The van der Waals surface area contributed by atoms with E-state index in [9.17, 15) is 19.7 Å². The Labute approximate surface area is 160 Å². The molecule has 0 N–H and O–H groups in total. The van der Waals surface area contributed by atoms with E-state index >= 15 is 0 Å². The summed E-state index contributed by atoms with van der Waals surface area (Å²) in [5.41, 5.74) is 1.53. The first-order valence-corrected chi connectivity index (χ1v) is 8.71. The summed E-state index contributed by atoms with van der Waals surface area (Å²) in [7, 11) is 0. The molecule has 0 amide bonds. The number of aromatic nitrogens is 1. The number of fused-ring (bicyclic) bond motifs is 1. The molecule has 8 heteroatoms. The number of carbonyl (C=O) groups excluding carboxylic acids is 2. The molecule has 0 aliphatic heterocycles. The number of benzene rings is 1. The molecule has 3 aromatic rings. The summed E-state index contributed by atoms with van der Waals surface area (Å²) in [4.78, 5) is 35.9. The van der Waals surface area contributed by atoms with Crippen LogP contribution in [0.3, 0.4) is 0 Å². The molecule has 0 bridgehead atoms. The molecular formula is C20H18N2O6. The highest BCUT2D eigenvalue weighted by molar-refractivity contribution is 6.13. The molecule has 0 fully saturated rings. The van der Waals surface area contributed by atoms with Crippen molar-refractivity contribution >= 4 is 23.1 Å². The van der Waals surface area contributed by atoms with Gasteiger partial charge in [0.25, 0.3) is 5.69 Å². The summed E-state index contributed by atoms with van der Waals surface area (Å²) in [5, 5.41) is 11.0. The van der Waals surface area contributed by atoms with Crippen LogP contribution in [0.25, 0.3) is 16.8 Å². The lowest BCUT2D eigenvalue weighted by Crippen LogP contribution is -2.13. The Bertz CT molecular complexity index is 1050. The first-order valence-electron chi connectivity index (χ1n) is 8.71. The number of hydrogen-bond acceptors (Lipinski definition) is 6. The summed E-state index contributed by atoms with van der Waals surface area (Å²) >= 11 is 0. The molecule has 8 nitrogen and oxygen atoms in total. The number of non-ortho nitro benzene ring substituents is 1. The van der Waals surface area contributed by atoms with E-state index in [4.69, 9.17) is 9.47 Å². The predicted molar refractivity (Wildman–Crippen MR) is 101 cm³/mol. The van der Waals surface area contributed by atoms with Crippen molar-refractivity contribution in [3.05, 3.63) is 69.9 Å². The van der Waals surface area contributed by atoms with Gasteiger partial charge in [-0.2, -0.15) is 0 Å². The van der Waals surface area contributed by atoms with E-state index in [2.05, 4.69) is 0 Å². The molecule has 2 heterocycles. The molecule has 0 saturated carbocycles. The third kappa shape index (κ3) is 3.32. The average molecular weight is 382 g/mol. The molecule has 0 saturated heterocycles. The minimum Gasteiger partial charge on any atom is -0.462 e. The monoisotopic (exact) mass is 382 g/mol. The minimum absolute atomic E-state index is 0.0698. The first-order chi connectivity index (χ1) is 13.5. The van der Waals surface area contributed by atoms with Crippen LogP contribution in [0.4, 0.5) is 5.69 Å². The predicted octanol–water partition coefficient (Wildman–Crippen LogP) is 3.87. The van der Waals surface area contributed by atoms with Crippen molar-refractivity contribution in [3.63, 3.8) is 0 Å². The number of nitro groups is 1. The van der Waals surface area contributed by atoms with Crippen molar-refractivity contribution < 1.29 is 24.0 Å². The fraction of sp³-hybridized carbons (Fsp3) is 0.200. The van der Waals surface area contributed by atoms with Crippen LogP contribution in [-0.4, -0.2) is 34.5 Å². The van der Waals surface area contributed by atoms with Crippen LogP contribution in [0.1, 0.15) is 34.6 Å². The molecule has 1 aromatic carbocycles. The van der Waals surface area contributed by atoms with E-state index in [1.807, 2.05) is 0 Å². The number of ether oxygens (including phenoxy) is 2. The highest BCUT2D eigenvalue weighted by Gasteiger charge is 2.30. The van der Waals surface area contributed by atoms with Gasteiger partial charge in [-0.25, -0.2) is 9.59 Å². The highest BCUT2D eigenvalue weighted by Crippen LogP contribution is 2.34. The van der Waals surface area contributed by atoms with Crippen LogP contribution < -0.4 is 0 Å². The van der Waals surface area contributed by atoms with Crippen molar-refractivity contribution in [2.75, 3.05) is 13.2 Å². The van der Waals surface area contributed by atoms with E-state index in [-0.39, 0.29) is 30.0 Å². The number of esters is 2. The topological polar surface area (TPSA) is 100 Å². The molecule has 0 radical (unpaired) electrons. The zero-order chi connectivity index (χ0) is 20.3. The van der Waals surface area contributed by atoms with E-state index in [0.717, 1.165) is 0 Å². The van der Waals surface area contributed by atoms with Crippen LogP contribution in [0.2, 0.25) is 0 Å². The summed E-state index contributed by atoms with van der Waals surface area (Å²) in [5.74, 6) is -1.30. The standard InChI is InChI=1S/C20H18N2O6/c1-3-27-19(23)16-15-7-5-6-12-21(15)18(17(16)20(24)28-4-2)13-8-10-14(11-9-13)22(25)26/h5-12H,3-4H2,1-2H3. The molecular weight excluding hydrogens is 364 g/mol. The van der Waals surface area contributed by atoms with E-state index in [0.29, 0.717) is 16.8 Å². The van der Waals surface area contributed by atoms with Crippen molar-refractivity contribution in [2.24, 2.45) is 0 Å². The van der Waals surface area contributed by atoms with Gasteiger partial charge in [-0.15, -0.1) is 0 Å². The Morgan fingerprint density at radius 2 is 1.57 bits per heavy atom. The van der Waals surface area contributed by atoms with Crippen LogP contribution in [0, 0.1) is 10.1 Å². The average Bonchev–Trinajstić information content (AvgIpc) is 3.04. The largest absolute Gasteiger partial charge is 0.462 e. The fourth-order valence-corrected chi connectivity index (χ4v) is 3.05. The summed E-state index contributed by atoms with van der Waals surface area (Å²) in [6.07, 6.45) is 1.71. The van der Waals surface area contributed by atoms with Crippen LogP contribution in [-0.2, 0) is 9.47 Å². The maximum absolute atomic E-state index is 12.8. The normalized spacial score (nSPS) is 10.6. The van der Waals surface area contributed by atoms with Crippen molar-refractivity contribution in [1.82, 2.24) is 4.40 Å². The molecule has 144 valence electrons. The van der Waals surface area contributed by atoms with Gasteiger partial charge in [0.15, 0.2) is 0 Å². The van der Waals surface area contributed by atoms with E-state index in [1.165, 1.54) is 24.3 Å². The lowest BCUT2D eigenvalue weighted by molar-refractivity contribution is -0.384. The Hall–Kier alpha value is -3.68. The second-order valence-corrected chi connectivity index (χ2v) is 5.80. The summed E-state index contributed by atoms with van der Waals surface area (Å²) in [6, 6.07) is 10.9. The van der Waals surface area contributed by atoms with Crippen LogP contribution in [0.15, 0.2) is 48.7 Å². The SMILES string of the molecule is CCOC(=O)c1c(C(=O)OCC)c2ccccn2c1-c1ccc([N+](=O)[O-])cc1. The Morgan fingerprint density at radius 3 is 2.14 bits per heavy atom. The number of nitro benzene ring substituents is 1. The zero-order valence-electron chi connectivity index (χ0n) is 15.4. The smallest absolute Gasteiger partial charge is 0.341 e. The van der Waals surface area contributed by atoms with Crippen molar-refractivity contribution in [3.8, 4) is 11.3 Å². The molecule has 3 rings (SSSR count). The van der Waals surface area contributed by atoms with E-state index in [1.54, 1.807) is 42.6 Å². The van der Waals surface area contributed by atoms with E-state index < -0.39 is 16.9 Å². The molecule has 2 aromatic heterocycles. The molecule has 0 aliphatic rings. The quantitative estimate of drug-likeness (QED) is 0.364. The Morgan fingerprint density at radius 1 is 0.964 bits per heavy atom. The second kappa shape index (κ2) is 7.91. The van der Waals surface area contributed by atoms with Crippen molar-refractivity contribution in [1.29, 1.82) is 0 Å². The molecule has 0 spiro atoms. The van der Waals surface area contributed by atoms with Gasteiger partial charge in [-0.1, -0.05) is 6.07 Å². The number of carbonyl (C=O) groups is 2. The van der Waals surface area contributed by atoms with Gasteiger partial charge in [-0.3, -0.25) is 10.1 Å². The minimum atomic E-state index is -0.664. The fourth-order valence-electron chi connectivity index (χ4n) is 3.05. The second-order valence-electron chi connectivity index (χ2n) is 5.80. The molecule has 0 atom stereocenters. The lowest BCUT2D eigenvalue weighted by Gasteiger charge is -2.08. The van der Waals surface area contributed by atoms with Gasteiger partial charge in [0.2, 0.25) is 0 Å². The summed E-state index contributed by atoms with van der Waals surface area (Å²) < 4.78 is 12.0.